The van der Waals surface area contributed by atoms with Crippen molar-refractivity contribution in [2.24, 2.45) is 0 Å². The Balaban J connectivity index is 3.13. The minimum Gasteiger partial charge on any atom is -0.493 e. The van der Waals surface area contributed by atoms with E-state index in [1.54, 1.807) is 0 Å². The van der Waals surface area contributed by atoms with Crippen LogP contribution in [0.5, 0.6) is 5.88 Å². The van der Waals surface area contributed by atoms with Gasteiger partial charge in [-0.2, -0.15) is 0 Å². The van der Waals surface area contributed by atoms with E-state index < -0.39 is 5.97 Å². The quantitative estimate of drug-likeness (QED) is 0.693. The summed E-state index contributed by atoms with van der Waals surface area (Å²) in [6, 6.07) is 1.46. The van der Waals surface area contributed by atoms with Gasteiger partial charge in [0.1, 0.15) is 0 Å². The molecule has 0 atom stereocenters. The fourth-order valence-electron chi connectivity index (χ4n) is 0.854. The van der Waals surface area contributed by atoms with Gasteiger partial charge in [0.05, 0.1) is 12.7 Å². The van der Waals surface area contributed by atoms with Gasteiger partial charge in [0.15, 0.2) is 0 Å². The van der Waals surface area contributed by atoms with Crippen molar-refractivity contribution in [3.05, 3.63) is 30.0 Å². The molecule has 0 aliphatic carbocycles. The number of pyridine rings is 1. The molecule has 4 heteroatoms. The van der Waals surface area contributed by atoms with Gasteiger partial charge < -0.3 is 9.84 Å². The SMILES string of the molecule is C=Cc1cc(C(=O)OC)cnc1O. The molecule has 1 aromatic heterocycles. The maximum atomic E-state index is 11.0. The summed E-state index contributed by atoms with van der Waals surface area (Å²) >= 11 is 0. The molecule has 0 bridgehead atoms. The Morgan fingerprint density at radius 3 is 3.00 bits per heavy atom. The molecular formula is C9H9NO3. The molecule has 1 N–H and O–H groups in total. The number of rotatable bonds is 2. The normalized spacial score (nSPS) is 9.31. The van der Waals surface area contributed by atoms with Crippen molar-refractivity contribution in [2.75, 3.05) is 7.11 Å². The van der Waals surface area contributed by atoms with Gasteiger partial charge in [-0.1, -0.05) is 12.7 Å². The molecule has 0 fully saturated rings. The predicted octanol–water partition coefficient (Wildman–Crippen LogP) is 1.22. The highest BCUT2D eigenvalue weighted by molar-refractivity contribution is 5.89. The van der Waals surface area contributed by atoms with E-state index in [2.05, 4.69) is 16.3 Å². The summed E-state index contributed by atoms with van der Waals surface area (Å²) < 4.78 is 4.48. The van der Waals surface area contributed by atoms with E-state index >= 15 is 0 Å². The summed E-state index contributed by atoms with van der Waals surface area (Å²) in [5.74, 6) is -0.641. The maximum absolute atomic E-state index is 11.0. The zero-order valence-corrected chi connectivity index (χ0v) is 7.15. The summed E-state index contributed by atoms with van der Waals surface area (Å²) in [6.07, 6.45) is 2.66. The second-order valence-electron chi connectivity index (χ2n) is 2.33. The van der Waals surface area contributed by atoms with Crippen LogP contribution in [0.3, 0.4) is 0 Å². The summed E-state index contributed by atoms with van der Waals surface area (Å²) in [5.41, 5.74) is 0.693. The maximum Gasteiger partial charge on any atom is 0.339 e. The van der Waals surface area contributed by atoms with Crippen LogP contribution in [-0.4, -0.2) is 23.2 Å². The Morgan fingerprint density at radius 1 is 1.77 bits per heavy atom. The number of methoxy groups -OCH3 is 1. The first-order valence-corrected chi connectivity index (χ1v) is 3.58. The molecule has 13 heavy (non-hydrogen) atoms. The topological polar surface area (TPSA) is 59.4 Å². The Bertz CT molecular complexity index is 347. The number of carbonyl (C=O) groups excluding carboxylic acids is 1. The summed E-state index contributed by atoms with van der Waals surface area (Å²) in [4.78, 5) is 14.6. The molecule has 4 nitrogen and oxygen atoms in total. The fraction of sp³-hybridized carbons (Fsp3) is 0.111. The van der Waals surface area contributed by atoms with Gasteiger partial charge in [-0.3, -0.25) is 0 Å². The number of hydrogen-bond donors (Lipinski definition) is 1. The molecule has 0 amide bonds. The molecule has 1 heterocycles. The molecule has 0 saturated carbocycles. The number of nitrogens with zero attached hydrogens (tertiary/aromatic N) is 1. The molecule has 0 aromatic carbocycles. The van der Waals surface area contributed by atoms with Gasteiger partial charge in [-0.25, -0.2) is 9.78 Å². The van der Waals surface area contributed by atoms with Gasteiger partial charge in [-0.05, 0) is 6.07 Å². The number of aromatic nitrogens is 1. The highest BCUT2D eigenvalue weighted by Gasteiger charge is 2.08. The minimum absolute atomic E-state index is 0.150. The van der Waals surface area contributed by atoms with Crippen LogP contribution in [0, 0.1) is 0 Å². The number of esters is 1. The lowest BCUT2D eigenvalue weighted by Crippen LogP contribution is -2.02. The Labute approximate surface area is 75.5 Å². The van der Waals surface area contributed by atoms with E-state index in [1.807, 2.05) is 0 Å². The Morgan fingerprint density at radius 2 is 2.46 bits per heavy atom. The third-order valence-corrected chi connectivity index (χ3v) is 1.54. The molecule has 0 saturated heterocycles. The van der Waals surface area contributed by atoms with Crippen molar-refractivity contribution in [3.63, 3.8) is 0 Å². The highest BCUT2D eigenvalue weighted by atomic mass is 16.5. The van der Waals surface area contributed by atoms with Crippen molar-refractivity contribution in [1.82, 2.24) is 4.98 Å². The average molecular weight is 179 g/mol. The zero-order chi connectivity index (χ0) is 9.84. The monoisotopic (exact) mass is 179 g/mol. The molecule has 0 spiro atoms. The standard InChI is InChI=1S/C9H9NO3/c1-3-6-4-7(9(12)13-2)5-10-8(6)11/h3-5H,1H2,2H3,(H,10,11). The second kappa shape index (κ2) is 3.71. The van der Waals surface area contributed by atoms with Crippen LogP contribution in [0.25, 0.3) is 6.08 Å². The molecule has 1 aromatic rings. The summed E-state index contributed by atoms with van der Waals surface area (Å²) in [6.45, 7) is 3.47. The second-order valence-corrected chi connectivity index (χ2v) is 2.33. The first kappa shape index (κ1) is 9.25. The van der Waals surface area contributed by atoms with Crippen LogP contribution < -0.4 is 0 Å². The van der Waals surface area contributed by atoms with Crippen molar-refractivity contribution in [1.29, 1.82) is 0 Å². The molecule has 0 unspecified atom stereocenters. The van der Waals surface area contributed by atoms with Crippen LogP contribution in [-0.2, 0) is 4.74 Å². The molecular weight excluding hydrogens is 170 g/mol. The largest absolute Gasteiger partial charge is 0.493 e. The lowest BCUT2D eigenvalue weighted by molar-refractivity contribution is 0.0600. The van der Waals surface area contributed by atoms with E-state index in [0.29, 0.717) is 5.56 Å². The highest BCUT2D eigenvalue weighted by Crippen LogP contribution is 2.16. The minimum atomic E-state index is -0.490. The Hall–Kier alpha value is -1.84. The number of carbonyl (C=O) groups is 1. The van der Waals surface area contributed by atoms with Gasteiger partial charge in [0.2, 0.25) is 5.88 Å². The molecule has 1 rings (SSSR count). The van der Waals surface area contributed by atoms with E-state index in [1.165, 1.54) is 25.4 Å². The number of hydrogen-bond acceptors (Lipinski definition) is 4. The predicted molar refractivity (Wildman–Crippen MR) is 47.3 cm³/mol. The van der Waals surface area contributed by atoms with Crippen molar-refractivity contribution in [3.8, 4) is 5.88 Å². The van der Waals surface area contributed by atoms with Crippen LogP contribution in [0.15, 0.2) is 18.8 Å². The number of ether oxygens (including phenoxy) is 1. The van der Waals surface area contributed by atoms with E-state index in [4.69, 9.17) is 5.11 Å². The van der Waals surface area contributed by atoms with Crippen molar-refractivity contribution in [2.45, 2.75) is 0 Å². The van der Waals surface area contributed by atoms with Gasteiger partial charge in [0.25, 0.3) is 0 Å². The van der Waals surface area contributed by atoms with E-state index in [0.717, 1.165) is 0 Å². The average Bonchev–Trinajstić information content (AvgIpc) is 2.17. The van der Waals surface area contributed by atoms with Gasteiger partial charge in [-0.15, -0.1) is 0 Å². The van der Waals surface area contributed by atoms with Gasteiger partial charge >= 0.3 is 5.97 Å². The van der Waals surface area contributed by atoms with Crippen molar-refractivity contribution < 1.29 is 14.6 Å². The summed E-state index contributed by atoms with van der Waals surface area (Å²) in [5, 5.41) is 9.15. The van der Waals surface area contributed by atoms with Gasteiger partial charge in [0, 0.05) is 11.8 Å². The lowest BCUT2D eigenvalue weighted by Gasteiger charge is -2.01. The van der Waals surface area contributed by atoms with Crippen LogP contribution in [0.1, 0.15) is 15.9 Å². The van der Waals surface area contributed by atoms with Crippen LogP contribution in [0.2, 0.25) is 0 Å². The van der Waals surface area contributed by atoms with Crippen molar-refractivity contribution >= 4 is 12.0 Å². The first-order chi connectivity index (χ1) is 6.19. The third-order valence-electron chi connectivity index (χ3n) is 1.54. The zero-order valence-electron chi connectivity index (χ0n) is 7.15. The lowest BCUT2D eigenvalue weighted by atomic mass is 10.2. The van der Waals surface area contributed by atoms with Crippen LogP contribution in [0.4, 0.5) is 0 Å². The van der Waals surface area contributed by atoms with E-state index in [-0.39, 0.29) is 11.4 Å². The summed E-state index contributed by atoms with van der Waals surface area (Å²) in [7, 11) is 1.28. The molecule has 68 valence electrons. The third kappa shape index (κ3) is 1.84. The number of aromatic hydroxyl groups is 1. The molecule has 0 radical (unpaired) electrons. The Kier molecular flexibility index (Phi) is 2.64. The molecule has 0 aliphatic rings. The fourth-order valence-corrected chi connectivity index (χ4v) is 0.854. The van der Waals surface area contributed by atoms with Crippen LogP contribution >= 0.6 is 0 Å². The first-order valence-electron chi connectivity index (χ1n) is 3.58. The smallest absolute Gasteiger partial charge is 0.339 e. The molecule has 0 aliphatic heterocycles. The van der Waals surface area contributed by atoms with E-state index in [9.17, 15) is 4.79 Å².